The maximum absolute atomic E-state index is 12.2. The Balaban J connectivity index is 3.01. The fourth-order valence-corrected chi connectivity index (χ4v) is 0.985. The largest absolute Gasteiger partial charge is 0.282 e. The molecule has 0 aliphatic carbocycles. The van der Waals surface area contributed by atoms with Gasteiger partial charge in [0.15, 0.2) is 0 Å². The number of hydrogen-bond donors (Lipinski definition) is 0. The molecule has 0 radical (unpaired) electrons. The molecule has 0 aliphatic rings. The van der Waals surface area contributed by atoms with Gasteiger partial charge in [-0.25, -0.2) is 8.78 Å². The van der Waals surface area contributed by atoms with Crippen LogP contribution in [0.3, 0.4) is 0 Å². The van der Waals surface area contributed by atoms with Gasteiger partial charge in [-0.15, -0.1) is 12.3 Å². The standard InChI is InChI=1S/C8H8F2N2/c1-3-4-6-5-12(2)11-7(6)8(9)10/h1,5,8H,4H2,2H3. The van der Waals surface area contributed by atoms with E-state index in [1.165, 1.54) is 10.9 Å². The number of rotatable bonds is 2. The Bertz CT molecular complexity index is 309. The molecule has 0 aromatic carbocycles. The van der Waals surface area contributed by atoms with Crippen molar-refractivity contribution in [2.45, 2.75) is 12.8 Å². The number of nitrogens with zero attached hydrogens (tertiary/aromatic N) is 2. The highest BCUT2D eigenvalue weighted by atomic mass is 19.3. The highest BCUT2D eigenvalue weighted by molar-refractivity contribution is 5.22. The van der Waals surface area contributed by atoms with E-state index in [0.717, 1.165) is 0 Å². The van der Waals surface area contributed by atoms with Crippen LogP contribution in [0.4, 0.5) is 8.78 Å². The number of alkyl halides is 2. The summed E-state index contributed by atoms with van der Waals surface area (Å²) in [5.74, 6) is 2.31. The predicted octanol–water partition coefficient (Wildman–Crippen LogP) is 1.53. The fourth-order valence-electron chi connectivity index (χ4n) is 0.985. The SMILES string of the molecule is C#CCc1cn(C)nc1C(F)F. The Labute approximate surface area is 69.2 Å². The Morgan fingerprint density at radius 3 is 2.92 bits per heavy atom. The van der Waals surface area contributed by atoms with Crippen LogP contribution in [0.15, 0.2) is 6.20 Å². The molecule has 12 heavy (non-hydrogen) atoms. The quantitative estimate of drug-likeness (QED) is 0.615. The molecule has 0 amide bonds. The van der Waals surface area contributed by atoms with Gasteiger partial charge in [-0.1, -0.05) is 0 Å². The molecule has 0 atom stereocenters. The van der Waals surface area contributed by atoms with Crippen molar-refractivity contribution < 1.29 is 8.78 Å². The molecule has 0 spiro atoms. The fraction of sp³-hybridized carbons (Fsp3) is 0.375. The Morgan fingerprint density at radius 1 is 1.75 bits per heavy atom. The first-order valence-corrected chi connectivity index (χ1v) is 3.39. The Morgan fingerprint density at radius 2 is 2.42 bits per heavy atom. The summed E-state index contributed by atoms with van der Waals surface area (Å²) in [7, 11) is 1.59. The molecular formula is C8H8F2N2. The molecule has 0 aliphatic heterocycles. The van der Waals surface area contributed by atoms with Crippen molar-refractivity contribution in [1.82, 2.24) is 9.78 Å². The topological polar surface area (TPSA) is 17.8 Å². The van der Waals surface area contributed by atoms with Gasteiger partial charge in [-0.3, -0.25) is 4.68 Å². The van der Waals surface area contributed by atoms with E-state index < -0.39 is 6.43 Å². The van der Waals surface area contributed by atoms with E-state index in [1.54, 1.807) is 7.05 Å². The first kappa shape index (κ1) is 8.72. The summed E-state index contributed by atoms with van der Waals surface area (Å²) in [5, 5.41) is 3.60. The summed E-state index contributed by atoms with van der Waals surface area (Å²) < 4.78 is 25.8. The zero-order valence-corrected chi connectivity index (χ0v) is 6.59. The number of halogens is 2. The molecule has 1 rings (SSSR count). The van der Waals surface area contributed by atoms with Gasteiger partial charge >= 0.3 is 0 Å². The van der Waals surface area contributed by atoms with Gasteiger partial charge in [0.2, 0.25) is 0 Å². The number of aryl methyl sites for hydroxylation is 1. The zero-order chi connectivity index (χ0) is 9.14. The third-order valence-corrected chi connectivity index (χ3v) is 1.44. The van der Waals surface area contributed by atoms with Gasteiger partial charge in [0.05, 0.1) is 0 Å². The van der Waals surface area contributed by atoms with Crippen LogP contribution in [0, 0.1) is 12.3 Å². The van der Waals surface area contributed by atoms with Crippen LogP contribution < -0.4 is 0 Å². The molecular weight excluding hydrogens is 162 g/mol. The van der Waals surface area contributed by atoms with Crippen LogP contribution in [0.5, 0.6) is 0 Å². The first-order valence-electron chi connectivity index (χ1n) is 3.39. The lowest BCUT2D eigenvalue weighted by atomic mass is 10.2. The van der Waals surface area contributed by atoms with Crippen molar-refractivity contribution in [3.8, 4) is 12.3 Å². The van der Waals surface area contributed by atoms with Gasteiger partial charge in [0.1, 0.15) is 5.69 Å². The van der Waals surface area contributed by atoms with Crippen LogP contribution in [-0.4, -0.2) is 9.78 Å². The number of hydrogen-bond acceptors (Lipinski definition) is 1. The van der Waals surface area contributed by atoms with E-state index in [1.807, 2.05) is 0 Å². The molecule has 0 unspecified atom stereocenters. The van der Waals surface area contributed by atoms with E-state index in [9.17, 15) is 8.78 Å². The van der Waals surface area contributed by atoms with Crippen molar-refractivity contribution in [3.63, 3.8) is 0 Å². The third-order valence-electron chi connectivity index (χ3n) is 1.44. The molecule has 0 saturated carbocycles. The predicted molar refractivity (Wildman–Crippen MR) is 40.7 cm³/mol. The van der Waals surface area contributed by atoms with Crippen molar-refractivity contribution in [2.24, 2.45) is 7.05 Å². The summed E-state index contributed by atoms with van der Waals surface area (Å²) in [4.78, 5) is 0. The Kier molecular flexibility index (Phi) is 2.44. The van der Waals surface area contributed by atoms with E-state index in [2.05, 4.69) is 11.0 Å². The maximum Gasteiger partial charge on any atom is 0.282 e. The number of aromatic nitrogens is 2. The normalized spacial score (nSPS) is 10.2. The van der Waals surface area contributed by atoms with Gasteiger partial charge in [0, 0.05) is 25.2 Å². The van der Waals surface area contributed by atoms with Crippen molar-refractivity contribution in [1.29, 1.82) is 0 Å². The van der Waals surface area contributed by atoms with Crippen molar-refractivity contribution >= 4 is 0 Å². The summed E-state index contributed by atoms with van der Waals surface area (Å²) in [6.07, 6.45) is 4.18. The highest BCUT2D eigenvalue weighted by Gasteiger charge is 2.15. The minimum atomic E-state index is -2.55. The molecule has 4 heteroatoms. The first-order chi connectivity index (χ1) is 5.65. The molecule has 1 aromatic heterocycles. The third kappa shape index (κ3) is 1.62. The van der Waals surface area contributed by atoms with Gasteiger partial charge < -0.3 is 0 Å². The monoisotopic (exact) mass is 170 g/mol. The van der Waals surface area contributed by atoms with E-state index in [4.69, 9.17) is 6.42 Å². The average molecular weight is 170 g/mol. The minimum absolute atomic E-state index is 0.202. The van der Waals surface area contributed by atoms with Gasteiger partial charge in [-0.05, 0) is 0 Å². The van der Waals surface area contributed by atoms with Crippen molar-refractivity contribution in [2.75, 3.05) is 0 Å². The lowest BCUT2D eigenvalue weighted by Crippen LogP contribution is -1.92. The second-order valence-electron chi connectivity index (χ2n) is 2.39. The highest BCUT2D eigenvalue weighted by Crippen LogP contribution is 2.20. The average Bonchev–Trinajstić information content (AvgIpc) is 2.32. The van der Waals surface area contributed by atoms with Crippen LogP contribution in [-0.2, 0) is 13.5 Å². The smallest absolute Gasteiger partial charge is 0.275 e. The van der Waals surface area contributed by atoms with Crippen LogP contribution in [0.1, 0.15) is 17.7 Å². The van der Waals surface area contributed by atoms with Crippen LogP contribution in [0.2, 0.25) is 0 Å². The summed E-state index contributed by atoms with van der Waals surface area (Å²) in [5.41, 5.74) is 0.213. The molecule has 0 saturated heterocycles. The lowest BCUT2D eigenvalue weighted by Gasteiger charge is -1.94. The summed E-state index contributed by atoms with van der Waals surface area (Å²) in [6.45, 7) is 0. The van der Waals surface area contributed by atoms with E-state index >= 15 is 0 Å². The lowest BCUT2D eigenvalue weighted by molar-refractivity contribution is 0.144. The maximum atomic E-state index is 12.2. The number of terminal acetylenes is 1. The van der Waals surface area contributed by atoms with E-state index in [-0.39, 0.29) is 12.1 Å². The summed E-state index contributed by atoms with van der Waals surface area (Å²) >= 11 is 0. The summed E-state index contributed by atoms with van der Waals surface area (Å²) in [6, 6.07) is 0. The minimum Gasteiger partial charge on any atom is -0.275 e. The molecule has 0 N–H and O–H groups in total. The van der Waals surface area contributed by atoms with Crippen LogP contribution in [0.25, 0.3) is 0 Å². The second kappa shape index (κ2) is 3.35. The molecule has 1 heterocycles. The molecule has 2 nitrogen and oxygen atoms in total. The second-order valence-corrected chi connectivity index (χ2v) is 2.39. The molecule has 1 aromatic rings. The molecule has 0 bridgehead atoms. The molecule has 64 valence electrons. The Hall–Kier alpha value is -1.37. The van der Waals surface area contributed by atoms with Crippen molar-refractivity contribution in [3.05, 3.63) is 17.5 Å². The van der Waals surface area contributed by atoms with Gasteiger partial charge in [0.25, 0.3) is 6.43 Å². The van der Waals surface area contributed by atoms with Crippen LogP contribution >= 0.6 is 0 Å². The van der Waals surface area contributed by atoms with E-state index in [0.29, 0.717) is 5.56 Å². The molecule has 0 fully saturated rings. The zero-order valence-electron chi connectivity index (χ0n) is 6.59. The van der Waals surface area contributed by atoms with Gasteiger partial charge in [-0.2, -0.15) is 5.10 Å².